The van der Waals surface area contributed by atoms with Crippen LogP contribution in [0.4, 0.5) is 8.78 Å². The van der Waals surface area contributed by atoms with Gasteiger partial charge in [0, 0.05) is 12.1 Å². The van der Waals surface area contributed by atoms with E-state index in [0.29, 0.717) is 5.56 Å². The van der Waals surface area contributed by atoms with E-state index in [2.05, 4.69) is 4.98 Å². The van der Waals surface area contributed by atoms with Crippen molar-refractivity contribution in [1.29, 1.82) is 0 Å². The van der Waals surface area contributed by atoms with Crippen molar-refractivity contribution in [2.24, 2.45) is 5.73 Å². The third-order valence-electron chi connectivity index (χ3n) is 2.21. The minimum absolute atomic E-state index is 0.0131. The monoisotopic (exact) mass is 260 g/mol. The minimum Gasteiger partial charge on any atom is -0.481 e. The Bertz CT molecular complexity index is 439. The van der Waals surface area contributed by atoms with Crippen LogP contribution in [0.3, 0.4) is 0 Å². The summed E-state index contributed by atoms with van der Waals surface area (Å²) in [6, 6.07) is 1.23. The molecule has 0 saturated carbocycles. The minimum atomic E-state index is -2.90. The average Bonchev–Trinajstić information content (AvgIpc) is 2.37. The summed E-state index contributed by atoms with van der Waals surface area (Å²) in [4.78, 5) is 15.2. The number of halogens is 2. The largest absolute Gasteiger partial charge is 0.481 e. The van der Waals surface area contributed by atoms with Gasteiger partial charge in [-0.15, -0.1) is 0 Å². The molecule has 0 aliphatic carbocycles. The number of alkyl halides is 2. The number of aromatic nitrogens is 1. The summed E-state index contributed by atoms with van der Waals surface area (Å²) in [7, 11) is 1.29. The van der Waals surface area contributed by atoms with Crippen LogP contribution in [-0.2, 0) is 11.3 Å². The van der Waals surface area contributed by atoms with Gasteiger partial charge in [0.1, 0.15) is 5.69 Å². The number of ether oxygens (including phenoxy) is 2. The highest BCUT2D eigenvalue weighted by atomic mass is 19.3. The van der Waals surface area contributed by atoms with Gasteiger partial charge < -0.3 is 15.2 Å². The molecule has 0 aliphatic rings. The van der Waals surface area contributed by atoms with Crippen LogP contribution in [0.5, 0.6) is 5.88 Å². The SMILES string of the molecule is CCOC(=O)c1cc(CN)c(OC)nc1C(F)F. The molecule has 1 aromatic rings. The van der Waals surface area contributed by atoms with Gasteiger partial charge in [0.25, 0.3) is 6.43 Å². The molecule has 0 aliphatic heterocycles. The Hall–Kier alpha value is -1.76. The van der Waals surface area contributed by atoms with Gasteiger partial charge in [-0.25, -0.2) is 18.6 Å². The summed E-state index contributed by atoms with van der Waals surface area (Å²) in [5.41, 5.74) is 4.85. The molecular formula is C11H14F2N2O3. The molecule has 2 N–H and O–H groups in total. The summed E-state index contributed by atoms with van der Waals surface area (Å²) < 4.78 is 35.2. The smallest absolute Gasteiger partial charge is 0.340 e. The molecule has 1 rings (SSSR count). The van der Waals surface area contributed by atoms with Gasteiger partial charge in [-0.1, -0.05) is 0 Å². The number of esters is 1. The van der Waals surface area contributed by atoms with E-state index in [9.17, 15) is 13.6 Å². The Morgan fingerprint density at radius 2 is 2.22 bits per heavy atom. The van der Waals surface area contributed by atoms with E-state index < -0.39 is 18.1 Å². The van der Waals surface area contributed by atoms with Crippen molar-refractivity contribution in [1.82, 2.24) is 4.98 Å². The first-order valence-corrected chi connectivity index (χ1v) is 5.28. The molecule has 1 aromatic heterocycles. The zero-order chi connectivity index (χ0) is 13.7. The van der Waals surface area contributed by atoms with Crippen LogP contribution < -0.4 is 10.5 Å². The highest BCUT2D eigenvalue weighted by molar-refractivity contribution is 5.91. The number of rotatable bonds is 5. The predicted molar refractivity (Wildman–Crippen MR) is 59.6 cm³/mol. The quantitative estimate of drug-likeness (QED) is 0.815. The van der Waals surface area contributed by atoms with E-state index in [0.717, 1.165) is 0 Å². The number of carbonyl (C=O) groups excluding carboxylic acids is 1. The van der Waals surface area contributed by atoms with Gasteiger partial charge in [0.15, 0.2) is 0 Å². The summed E-state index contributed by atoms with van der Waals surface area (Å²) in [6.45, 7) is 1.69. The van der Waals surface area contributed by atoms with Crippen LogP contribution in [0, 0.1) is 0 Å². The number of pyridine rings is 1. The Balaban J connectivity index is 3.33. The molecule has 7 heteroatoms. The molecule has 0 atom stereocenters. The Labute approximate surface area is 103 Å². The molecule has 0 amide bonds. The number of carbonyl (C=O) groups is 1. The van der Waals surface area contributed by atoms with Crippen molar-refractivity contribution in [2.45, 2.75) is 19.9 Å². The van der Waals surface area contributed by atoms with E-state index in [1.165, 1.54) is 13.2 Å². The number of nitrogens with two attached hydrogens (primary N) is 1. The maximum Gasteiger partial charge on any atom is 0.340 e. The maximum atomic E-state index is 12.8. The summed E-state index contributed by atoms with van der Waals surface area (Å²) >= 11 is 0. The molecule has 0 fully saturated rings. The lowest BCUT2D eigenvalue weighted by Crippen LogP contribution is -2.13. The fraction of sp³-hybridized carbons (Fsp3) is 0.455. The molecule has 0 spiro atoms. The van der Waals surface area contributed by atoms with E-state index >= 15 is 0 Å². The zero-order valence-corrected chi connectivity index (χ0v) is 10.1. The van der Waals surface area contributed by atoms with E-state index in [4.69, 9.17) is 15.2 Å². The third kappa shape index (κ3) is 2.92. The number of hydrogen-bond acceptors (Lipinski definition) is 5. The normalized spacial score (nSPS) is 10.6. The lowest BCUT2D eigenvalue weighted by atomic mass is 10.1. The molecule has 100 valence electrons. The highest BCUT2D eigenvalue weighted by Gasteiger charge is 2.24. The Kier molecular flexibility index (Phi) is 4.96. The van der Waals surface area contributed by atoms with Gasteiger partial charge in [-0.05, 0) is 13.0 Å². The molecule has 0 bridgehead atoms. The number of nitrogens with zero attached hydrogens (tertiary/aromatic N) is 1. The topological polar surface area (TPSA) is 74.4 Å². The molecular weight excluding hydrogens is 246 g/mol. The van der Waals surface area contributed by atoms with Crippen molar-refractivity contribution in [3.05, 3.63) is 22.9 Å². The standard InChI is InChI=1S/C11H14F2N2O3/c1-3-18-11(16)7-4-6(5-14)10(17-2)15-8(7)9(12)13/h4,9H,3,5,14H2,1-2H3. The van der Waals surface area contributed by atoms with Crippen molar-refractivity contribution in [2.75, 3.05) is 13.7 Å². The van der Waals surface area contributed by atoms with Crippen molar-refractivity contribution in [3.63, 3.8) is 0 Å². The second-order valence-corrected chi connectivity index (χ2v) is 3.31. The summed E-state index contributed by atoms with van der Waals surface area (Å²) in [6.07, 6.45) is -2.90. The number of methoxy groups -OCH3 is 1. The highest BCUT2D eigenvalue weighted by Crippen LogP contribution is 2.27. The van der Waals surface area contributed by atoms with Crippen LogP contribution in [0.1, 0.15) is 35.0 Å². The second kappa shape index (κ2) is 6.25. The van der Waals surface area contributed by atoms with Crippen molar-refractivity contribution < 1.29 is 23.0 Å². The van der Waals surface area contributed by atoms with Crippen LogP contribution in [-0.4, -0.2) is 24.7 Å². The molecule has 1 heterocycles. The van der Waals surface area contributed by atoms with Crippen LogP contribution >= 0.6 is 0 Å². The zero-order valence-electron chi connectivity index (χ0n) is 10.1. The summed E-state index contributed by atoms with van der Waals surface area (Å²) in [5.74, 6) is -0.862. The Morgan fingerprint density at radius 3 is 2.67 bits per heavy atom. The third-order valence-corrected chi connectivity index (χ3v) is 2.21. The van der Waals surface area contributed by atoms with Crippen LogP contribution in [0.2, 0.25) is 0 Å². The summed E-state index contributed by atoms with van der Waals surface area (Å²) in [5, 5.41) is 0. The van der Waals surface area contributed by atoms with E-state index in [1.54, 1.807) is 6.92 Å². The molecule has 5 nitrogen and oxygen atoms in total. The number of hydrogen-bond donors (Lipinski definition) is 1. The first-order chi connectivity index (χ1) is 8.54. The lowest BCUT2D eigenvalue weighted by molar-refractivity contribution is 0.0513. The van der Waals surface area contributed by atoms with Gasteiger partial charge >= 0.3 is 5.97 Å². The van der Waals surface area contributed by atoms with Crippen LogP contribution in [0.25, 0.3) is 0 Å². The maximum absolute atomic E-state index is 12.8. The van der Waals surface area contributed by atoms with Gasteiger partial charge in [0.2, 0.25) is 5.88 Å². The second-order valence-electron chi connectivity index (χ2n) is 3.31. The molecule has 0 unspecified atom stereocenters. The van der Waals surface area contributed by atoms with Crippen LogP contribution in [0.15, 0.2) is 6.07 Å². The fourth-order valence-electron chi connectivity index (χ4n) is 1.41. The van der Waals surface area contributed by atoms with Crippen molar-refractivity contribution in [3.8, 4) is 5.88 Å². The van der Waals surface area contributed by atoms with Gasteiger partial charge in [-0.3, -0.25) is 0 Å². The first kappa shape index (κ1) is 14.3. The van der Waals surface area contributed by atoms with E-state index in [1.807, 2.05) is 0 Å². The predicted octanol–water partition coefficient (Wildman–Crippen LogP) is 1.66. The van der Waals surface area contributed by atoms with E-state index in [-0.39, 0.29) is 24.6 Å². The van der Waals surface area contributed by atoms with Crippen molar-refractivity contribution >= 4 is 5.97 Å². The molecule has 0 saturated heterocycles. The lowest BCUT2D eigenvalue weighted by Gasteiger charge is -2.12. The molecule has 18 heavy (non-hydrogen) atoms. The first-order valence-electron chi connectivity index (χ1n) is 5.28. The molecule has 0 aromatic carbocycles. The van der Waals surface area contributed by atoms with Gasteiger partial charge in [-0.2, -0.15) is 0 Å². The molecule has 0 radical (unpaired) electrons. The fourth-order valence-corrected chi connectivity index (χ4v) is 1.41. The average molecular weight is 260 g/mol. The Morgan fingerprint density at radius 1 is 1.56 bits per heavy atom. The van der Waals surface area contributed by atoms with Gasteiger partial charge in [0.05, 0.1) is 19.3 Å².